The monoisotopic (exact) mass is 292 g/mol. The molecule has 20 heavy (non-hydrogen) atoms. The van der Waals surface area contributed by atoms with Crippen molar-refractivity contribution in [2.45, 2.75) is 72.1 Å². The zero-order chi connectivity index (χ0) is 15.0. The van der Waals surface area contributed by atoms with E-state index in [1.165, 1.54) is 43.8 Å². The average molecular weight is 292 g/mol. The van der Waals surface area contributed by atoms with Crippen LogP contribution in [0.3, 0.4) is 0 Å². The van der Waals surface area contributed by atoms with Gasteiger partial charge in [-0.2, -0.15) is 0 Å². The first-order chi connectivity index (χ1) is 9.69. The molecule has 3 atom stereocenters. The summed E-state index contributed by atoms with van der Waals surface area (Å²) in [7, 11) is 2.96. The van der Waals surface area contributed by atoms with Crippen LogP contribution in [0.5, 0.6) is 0 Å². The predicted octanol–water partition coefficient (Wildman–Crippen LogP) is 5.92. The van der Waals surface area contributed by atoms with Gasteiger partial charge in [0.2, 0.25) is 0 Å². The molecule has 0 bridgehead atoms. The van der Waals surface area contributed by atoms with Crippen LogP contribution in [0.2, 0.25) is 0 Å². The van der Waals surface area contributed by atoms with E-state index in [0.717, 1.165) is 17.8 Å². The molecule has 0 amide bonds. The summed E-state index contributed by atoms with van der Waals surface area (Å²) in [4.78, 5) is 0. The number of benzene rings is 1. The van der Waals surface area contributed by atoms with E-state index in [2.05, 4.69) is 61.2 Å². The first-order valence-electron chi connectivity index (χ1n) is 8.53. The van der Waals surface area contributed by atoms with Crippen LogP contribution in [0.1, 0.15) is 77.7 Å². The molecule has 0 fully saturated rings. The van der Waals surface area contributed by atoms with Crippen molar-refractivity contribution in [3.05, 3.63) is 29.8 Å². The second-order valence-corrected chi connectivity index (χ2v) is 6.69. The fraction of sp³-hybridized carbons (Fsp3) is 0.684. The Morgan fingerprint density at radius 3 is 1.75 bits per heavy atom. The molecule has 0 saturated carbocycles. The molecule has 1 aromatic carbocycles. The number of hydrogen-bond acceptors (Lipinski definition) is 0. The maximum absolute atomic E-state index is 2.96. The Bertz CT molecular complexity index is 358. The highest BCUT2D eigenvalue weighted by molar-refractivity contribution is 7.27. The van der Waals surface area contributed by atoms with Gasteiger partial charge in [0.15, 0.2) is 0 Å². The molecule has 0 aliphatic rings. The standard InChI is InChI=1S/C19H33P/c1-5-11-15(7-3)19(16(8-4)12-6-2)17-13-9-10-14-18(17)20/h9-10,13-16,19H,5-8,11-12,20H2,1-4H3. The van der Waals surface area contributed by atoms with Gasteiger partial charge in [-0.3, -0.25) is 0 Å². The first-order valence-corrected chi connectivity index (χ1v) is 9.11. The lowest BCUT2D eigenvalue weighted by atomic mass is 9.71. The lowest BCUT2D eigenvalue weighted by Gasteiger charge is -2.34. The first kappa shape index (κ1) is 17.7. The Labute approximate surface area is 129 Å². The molecule has 0 aromatic heterocycles. The van der Waals surface area contributed by atoms with Gasteiger partial charge in [-0.15, -0.1) is 9.24 Å². The second kappa shape index (κ2) is 9.56. The van der Waals surface area contributed by atoms with Gasteiger partial charge in [-0.25, -0.2) is 0 Å². The van der Waals surface area contributed by atoms with Crippen molar-refractivity contribution in [1.29, 1.82) is 0 Å². The van der Waals surface area contributed by atoms with E-state index in [1.54, 1.807) is 5.56 Å². The predicted molar refractivity (Wildman–Crippen MR) is 95.9 cm³/mol. The fourth-order valence-corrected chi connectivity index (χ4v) is 4.12. The van der Waals surface area contributed by atoms with Crippen molar-refractivity contribution in [3.8, 4) is 0 Å². The van der Waals surface area contributed by atoms with Gasteiger partial charge in [0, 0.05) is 0 Å². The fourth-order valence-electron chi connectivity index (χ4n) is 3.72. The lowest BCUT2D eigenvalue weighted by molar-refractivity contribution is 0.264. The summed E-state index contributed by atoms with van der Waals surface area (Å²) in [5.41, 5.74) is 1.58. The van der Waals surface area contributed by atoms with Gasteiger partial charge in [0.25, 0.3) is 0 Å². The third kappa shape index (κ3) is 4.59. The van der Waals surface area contributed by atoms with E-state index < -0.39 is 0 Å². The average Bonchev–Trinajstić information content (AvgIpc) is 2.47. The zero-order valence-electron chi connectivity index (χ0n) is 13.9. The van der Waals surface area contributed by atoms with Gasteiger partial charge >= 0.3 is 0 Å². The lowest BCUT2D eigenvalue weighted by Crippen LogP contribution is -2.24. The Balaban J connectivity index is 3.14. The molecule has 0 saturated heterocycles. The van der Waals surface area contributed by atoms with Crippen LogP contribution in [0.15, 0.2) is 24.3 Å². The van der Waals surface area contributed by atoms with E-state index in [0.29, 0.717) is 0 Å². The van der Waals surface area contributed by atoms with Gasteiger partial charge in [0.1, 0.15) is 0 Å². The highest BCUT2D eigenvalue weighted by Crippen LogP contribution is 2.40. The van der Waals surface area contributed by atoms with Crippen LogP contribution in [-0.4, -0.2) is 0 Å². The second-order valence-electron chi connectivity index (χ2n) is 6.07. The van der Waals surface area contributed by atoms with Gasteiger partial charge in [-0.05, 0) is 28.6 Å². The van der Waals surface area contributed by atoms with E-state index in [1.807, 2.05) is 0 Å². The van der Waals surface area contributed by atoms with Crippen molar-refractivity contribution in [2.75, 3.05) is 0 Å². The molecule has 0 aliphatic carbocycles. The smallest absolute Gasteiger partial charge is 0.00993 e. The van der Waals surface area contributed by atoms with E-state index in [4.69, 9.17) is 0 Å². The molecule has 114 valence electrons. The largest absolute Gasteiger partial charge is 0.105 e. The van der Waals surface area contributed by atoms with Crippen molar-refractivity contribution in [1.82, 2.24) is 0 Å². The molecule has 1 rings (SSSR count). The molecule has 0 nitrogen and oxygen atoms in total. The summed E-state index contributed by atoms with van der Waals surface area (Å²) >= 11 is 0. The summed E-state index contributed by atoms with van der Waals surface area (Å²) in [6, 6.07) is 8.99. The van der Waals surface area contributed by atoms with E-state index >= 15 is 0 Å². The van der Waals surface area contributed by atoms with Crippen molar-refractivity contribution in [3.63, 3.8) is 0 Å². The molecule has 3 unspecified atom stereocenters. The molecule has 0 heterocycles. The molecule has 0 N–H and O–H groups in total. The van der Waals surface area contributed by atoms with Crippen LogP contribution in [0.25, 0.3) is 0 Å². The normalized spacial score (nSPS) is 15.8. The van der Waals surface area contributed by atoms with E-state index in [-0.39, 0.29) is 0 Å². The Kier molecular flexibility index (Phi) is 8.46. The highest BCUT2D eigenvalue weighted by Gasteiger charge is 2.28. The molecule has 0 aliphatic heterocycles. The summed E-state index contributed by atoms with van der Waals surface area (Å²) in [5, 5.41) is 1.40. The SMILES string of the molecule is CCCC(CC)C(c1ccccc1P)C(CC)CCC. The third-order valence-corrected chi connectivity index (χ3v) is 5.26. The summed E-state index contributed by atoms with van der Waals surface area (Å²) < 4.78 is 0. The highest BCUT2D eigenvalue weighted by atomic mass is 31.0. The van der Waals surface area contributed by atoms with Crippen molar-refractivity contribution in [2.24, 2.45) is 11.8 Å². The van der Waals surface area contributed by atoms with Crippen molar-refractivity contribution >= 4 is 14.5 Å². The van der Waals surface area contributed by atoms with Crippen LogP contribution in [-0.2, 0) is 0 Å². The molecule has 0 radical (unpaired) electrons. The third-order valence-electron chi connectivity index (χ3n) is 4.74. The maximum Gasteiger partial charge on any atom is -0.00993 e. The summed E-state index contributed by atoms with van der Waals surface area (Å²) in [5.74, 6) is 2.40. The Hall–Kier alpha value is -0.350. The topological polar surface area (TPSA) is 0 Å². The number of rotatable bonds is 9. The minimum atomic E-state index is 0.735. The van der Waals surface area contributed by atoms with Crippen LogP contribution in [0.4, 0.5) is 0 Å². The van der Waals surface area contributed by atoms with Gasteiger partial charge in [-0.1, -0.05) is 90.5 Å². The molecule has 1 heteroatoms. The quantitative estimate of drug-likeness (QED) is 0.495. The van der Waals surface area contributed by atoms with Crippen molar-refractivity contribution < 1.29 is 0 Å². The number of hydrogen-bond donors (Lipinski definition) is 0. The Morgan fingerprint density at radius 2 is 1.35 bits per heavy atom. The minimum absolute atomic E-state index is 0.735. The molecular weight excluding hydrogens is 259 g/mol. The summed E-state index contributed by atoms with van der Waals surface area (Å²) in [6.07, 6.45) is 7.93. The molecule has 0 spiro atoms. The van der Waals surface area contributed by atoms with Crippen LogP contribution >= 0.6 is 9.24 Å². The minimum Gasteiger partial charge on any atom is -0.105 e. The maximum atomic E-state index is 2.96. The van der Waals surface area contributed by atoms with E-state index in [9.17, 15) is 0 Å². The summed E-state index contributed by atoms with van der Waals surface area (Å²) in [6.45, 7) is 9.40. The Morgan fingerprint density at radius 1 is 0.850 bits per heavy atom. The van der Waals surface area contributed by atoms with Gasteiger partial charge in [0.05, 0.1) is 0 Å². The molecule has 1 aromatic rings. The van der Waals surface area contributed by atoms with Crippen LogP contribution < -0.4 is 5.30 Å². The zero-order valence-corrected chi connectivity index (χ0v) is 15.0. The van der Waals surface area contributed by atoms with Crippen LogP contribution in [0, 0.1) is 11.8 Å². The van der Waals surface area contributed by atoms with Gasteiger partial charge < -0.3 is 0 Å². The molecular formula is C19H33P.